The SMILES string of the molecule is O=C1CC(c2ccc3ccccc3c2)CN1Cc1ccccc1. The molecule has 3 aromatic carbocycles. The summed E-state index contributed by atoms with van der Waals surface area (Å²) in [6.45, 7) is 1.52. The summed E-state index contributed by atoms with van der Waals surface area (Å²) in [6, 6.07) is 25.2. The van der Waals surface area contributed by atoms with Crippen molar-refractivity contribution in [1.29, 1.82) is 0 Å². The zero-order valence-electron chi connectivity index (χ0n) is 13.0. The average Bonchev–Trinajstić information content (AvgIpc) is 2.96. The molecule has 2 heteroatoms. The molecule has 0 aliphatic carbocycles. The van der Waals surface area contributed by atoms with Crippen LogP contribution in [0.3, 0.4) is 0 Å². The minimum Gasteiger partial charge on any atom is -0.338 e. The summed E-state index contributed by atoms with van der Waals surface area (Å²) in [4.78, 5) is 14.3. The molecule has 0 saturated carbocycles. The van der Waals surface area contributed by atoms with Gasteiger partial charge in [0.05, 0.1) is 0 Å². The minimum absolute atomic E-state index is 0.256. The van der Waals surface area contributed by atoms with Gasteiger partial charge in [-0.15, -0.1) is 0 Å². The fourth-order valence-corrected chi connectivity index (χ4v) is 3.41. The molecule has 0 aromatic heterocycles. The summed E-state index contributed by atoms with van der Waals surface area (Å²) in [5.41, 5.74) is 2.47. The number of benzene rings is 3. The number of rotatable bonds is 3. The topological polar surface area (TPSA) is 20.3 Å². The smallest absolute Gasteiger partial charge is 0.223 e. The van der Waals surface area contributed by atoms with Crippen LogP contribution in [-0.2, 0) is 11.3 Å². The Morgan fingerprint density at radius 2 is 1.61 bits per heavy atom. The van der Waals surface area contributed by atoms with Gasteiger partial charge in [0.2, 0.25) is 5.91 Å². The standard InChI is InChI=1S/C21H19NO/c23-21-13-20(15-22(21)14-16-6-2-1-3-7-16)19-11-10-17-8-4-5-9-18(17)12-19/h1-12,20H,13-15H2. The first kappa shape index (κ1) is 14.0. The molecule has 1 amide bonds. The summed E-state index contributed by atoms with van der Waals surface area (Å²) in [5, 5.41) is 2.50. The molecule has 1 saturated heterocycles. The van der Waals surface area contributed by atoms with E-state index >= 15 is 0 Å². The highest BCUT2D eigenvalue weighted by atomic mass is 16.2. The van der Waals surface area contributed by atoms with Crippen LogP contribution >= 0.6 is 0 Å². The maximum atomic E-state index is 12.4. The molecule has 3 aromatic rings. The monoisotopic (exact) mass is 301 g/mol. The Kier molecular flexibility index (Phi) is 3.58. The lowest BCUT2D eigenvalue weighted by Crippen LogP contribution is -2.24. The number of likely N-dealkylation sites (tertiary alicyclic amines) is 1. The summed E-state index contributed by atoms with van der Waals surface area (Å²) in [7, 11) is 0. The summed E-state index contributed by atoms with van der Waals surface area (Å²) >= 11 is 0. The van der Waals surface area contributed by atoms with Gasteiger partial charge in [0, 0.05) is 25.4 Å². The van der Waals surface area contributed by atoms with E-state index < -0.39 is 0 Å². The van der Waals surface area contributed by atoms with Gasteiger partial charge in [-0.3, -0.25) is 4.79 Å². The molecule has 4 rings (SSSR count). The first-order valence-electron chi connectivity index (χ1n) is 8.10. The Hall–Kier alpha value is -2.61. The Bertz CT molecular complexity index is 841. The van der Waals surface area contributed by atoms with E-state index in [1.807, 2.05) is 23.1 Å². The van der Waals surface area contributed by atoms with E-state index in [0.29, 0.717) is 18.9 Å². The number of amides is 1. The summed E-state index contributed by atoms with van der Waals surface area (Å²) < 4.78 is 0. The number of hydrogen-bond acceptors (Lipinski definition) is 1. The number of carbonyl (C=O) groups is 1. The molecule has 23 heavy (non-hydrogen) atoms. The first-order chi connectivity index (χ1) is 11.3. The second kappa shape index (κ2) is 5.88. The first-order valence-corrected chi connectivity index (χ1v) is 8.10. The molecule has 2 nitrogen and oxygen atoms in total. The van der Waals surface area contributed by atoms with Crippen molar-refractivity contribution in [3.05, 3.63) is 83.9 Å². The van der Waals surface area contributed by atoms with E-state index in [1.54, 1.807) is 0 Å². The molecule has 1 fully saturated rings. The van der Waals surface area contributed by atoms with Gasteiger partial charge in [-0.2, -0.15) is 0 Å². The van der Waals surface area contributed by atoms with E-state index in [4.69, 9.17) is 0 Å². The lowest BCUT2D eigenvalue weighted by molar-refractivity contribution is -0.128. The Balaban J connectivity index is 1.55. The van der Waals surface area contributed by atoms with Gasteiger partial charge in [0.25, 0.3) is 0 Å². The second-order valence-corrected chi connectivity index (χ2v) is 6.27. The van der Waals surface area contributed by atoms with E-state index in [9.17, 15) is 4.79 Å². The van der Waals surface area contributed by atoms with Crippen molar-refractivity contribution in [2.24, 2.45) is 0 Å². The molecule has 0 radical (unpaired) electrons. The zero-order valence-corrected chi connectivity index (χ0v) is 13.0. The van der Waals surface area contributed by atoms with Crippen molar-refractivity contribution in [1.82, 2.24) is 4.90 Å². The summed E-state index contributed by atoms with van der Waals surface area (Å²) in [5.74, 6) is 0.558. The fourth-order valence-electron chi connectivity index (χ4n) is 3.41. The molecule has 1 atom stereocenters. The predicted molar refractivity (Wildman–Crippen MR) is 93.2 cm³/mol. The van der Waals surface area contributed by atoms with Crippen LogP contribution in [0.2, 0.25) is 0 Å². The largest absolute Gasteiger partial charge is 0.338 e. The Morgan fingerprint density at radius 1 is 0.870 bits per heavy atom. The van der Waals surface area contributed by atoms with Crippen molar-refractivity contribution in [3.63, 3.8) is 0 Å². The molecule has 1 heterocycles. The van der Waals surface area contributed by atoms with E-state index in [2.05, 4.69) is 54.6 Å². The van der Waals surface area contributed by atoms with Crippen molar-refractivity contribution in [2.75, 3.05) is 6.54 Å². The number of fused-ring (bicyclic) bond motifs is 1. The third-order valence-corrected chi connectivity index (χ3v) is 4.68. The Morgan fingerprint density at radius 3 is 2.43 bits per heavy atom. The molecular weight excluding hydrogens is 282 g/mol. The van der Waals surface area contributed by atoms with Crippen molar-refractivity contribution in [3.8, 4) is 0 Å². The lowest BCUT2D eigenvalue weighted by atomic mass is 9.95. The molecular formula is C21H19NO. The van der Waals surface area contributed by atoms with Gasteiger partial charge < -0.3 is 4.90 Å². The van der Waals surface area contributed by atoms with Crippen LogP contribution in [0.25, 0.3) is 10.8 Å². The number of carbonyl (C=O) groups excluding carboxylic acids is 1. The lowest BCUT2D eigenvalue weighted by Gasteiger charge is -2.17. The molecule has 1 unspecified atom stereocenters. The highest BCUT2D eigenvalue weighted by molar-refractivity contribution is 5.84. The molecule has 0 spiro atoms. The fraction of sp³-hybridized carbons (Fsp3) is 0.190. The maximum absolute atomic E-state index is 12.4. The van der Waals surface area contributed by atoms with Crippen LogP contribution < -0.4 is 0 Å². The van der Waals surface area contributed by atoms with Crippen molar-refractivity contribution >= 4 is 16.7 Å². The second-order valence-electron chi connectivity index (χ2n) is 6.27. The van der Waals surface area contributed by atoms with Gasteiger partial charge in [-0.1, -0.05) is 72.8 Å². The average molecular weight is 301 g/mol. The van der Waals surface area contributed by atoms with E-state index in [-0.39, 0.29) is 5.91 Å². The van der Waals surface area contributed by atoms with Gasteiger partial charge >= 0.3 is 0 Å². The molecule has 1 aliphatic heterocycles. The number of nitrogens with zero attached hydrogens (tertiary/aromatic N) is 1. The molecule has 1 aliphatic rings. The van der Waals surface area contributed by atoms with Crippen LogP contribution in [0.15, 0.2) is 72.8 Å². The van der Waals surface area contributed by atoms with E-state index in [1.165, 1.54) is 21.9 Å². The van der Waals surface area contributed by atoms with Crippen molar-refractivity contribution < 1.29 is 4.79 Å². The minimum atomic E-state index is 0.256. The molecule has 0 N–H and O–H groups in total. The van der Waals surface area contributed by atoms with Gasteiger partial charge in [0.15, 0.2) is 0 Å². The Labute approximate surface area is 136 Å². The highest BCUT2D eigenvalue weighted by Crippen LogP contribution is 2.31. The third kappa shape index (κ3) is 2.85. The summed E-state index contributed by atoms with van der Waals surface area (Å²) in [6.07, 6.45) is 0.616. The van der Waals surface area contributed by atoms with Crippen LogP contribution in [0.4, 0.5) is 0 Å². The normalized spacial score (nSPS) is 17.8. The molecule has 114 valence electrons. The predicted octanol–water partition coefficient (Wildman–Crippen LogP) is 4.36. The van der Waals surface area contributed by atoms with E-state index in [0.717, 1.165) is 6.54 Å². The van der Waals surface area contributed by atoms with Gasteiger partial charge in [-0.05, 0) is 21.9 Å². The molecule has 0 bridgehead atoms. The van der Waals surface area contributed by atoms with Gasteiger partial charge in [0.1, 0.15) is 0 Å². The third-order valence-electron chi connectivity index (χ3n) is 4.68. The van der Waals surface area contributed by atoms with Crippen LogP contribution in [0, 0.1) is 0 Å². The zero-order chi connectivity index (χ0) is 15.6. The quantitative estimate of drug-likeness (QED) is 0.704. The van der Waals surface area contributed by atoms with Gasteiger partial charge in [-0.25, -0.2) is 0 Å². The highest BCUT2D eigenvalue weighted by Gasteiger charge is 2.30. The number of hydrogen-bond donors (Lipinski definition) is 0. The maximum Gasteiger partial charge on any atom is 0.223 e. The van der Waals surface area contributed by atoms with Crippen LogP contribution in [-0.4, -0.2) is 17.4 Å². The van der Waals surface area contributed by atoms with Crippen LogP contribution in [0.1, 0.15) is 23.5 Å². The van der Waals surface area contributed by atoms with Crippen LogP contribution in [0.5, 0.6) is 0 Å². The van der Waals surface area contributed by atoms with Crippen molar-refractivity contribution in [2.45, 2.75) is 18.9 Å².